The van der Waals surface area contributed by atoms with Gasteiger partial charge in [0.2, 0.25) is 0 Å². The van der Waals surface area contributed by atoms with Gasteiger partial charge in [-0.05, 0) is 31.0 Å². The minimum atomic E-state index is -0.794. The van der Waals surface area contributed by atoms with Crippen molar-refractivity contribution in [3.05, 3.63) is 53.6 Å². The number of anilines is 1. The van der Waals surface area contributed by atoms with Crippen LogP contribution in [0.2, 0.25) is 0 Å². The highest BCUT2D eigenvalue weighted by atomic mass is 31.0. The van der Waals surface area contributed by atoms with E-state index in [1.807, 2.05) is 0 Å². The van der Waals surface area contributed by atoms with Gasteiger partial charge < -0.3 is 21.3 Å². The maximum absolute atomic E-state index is 15.3. The Morgan fingerprint density at radius 2 is 1.89 bits per heavy atom. The topological polar surface area (TPSA) is 129 Å². The molecule has 1 fully saturated rings. The standard InChI is InChI=1S/C24H22F2N5O3P/c1-34-21-13-6-7-14(18-16(24(28)33)23(27)31(30-18)10-8-11(32)9-10)22(35)20(13)29-19(17(21)26)12-4-2-3-5-15(12)25/h2-7,10-11,32H,8-9,27,35H2,1H3,(H2,28,33). The Kier molecular flexibility index (Phi) is 5.65. The van der Waals surface area contributed by atoms with Gasteiger partial charge in [-0.15, -0.1) is 9.24 Å². The normalized spacial score (nSPS) is 17.4. The van der Waals surface area contributed by atoms with Crippen LogP contribution in [-0.4, -0.2) is 39.0 Å². The Hall–Kier alpha value is -3.62. The van der Waals surface area contributed by atoms with Crippen LogP contribution in [0.3, 0.4) is 0 Å². The molecule has 1 aliphatic rings. The highest BCUT2D eigenvalue weighted by molar-refractivity contribution is 7.29. The summed E-state index contributed by atoms with van der Waals surface area (Å²) in [6, 6.07) is 8.80. The third kappa shape index (κ3) is 3.61. The van der Waals surface area contributed by atoms with Crippen molar-refractivity contribution in [3.63, 3.8) is 0 Å². The van der Waals surface area contributed by atoms with E-state index in [1.165, 1.54) is 30.0 Å². The largest absolute Gasteiger partial charge is 0.493 e. The van der Waals surface area contributed by atoms with Gasteiger partial charge in [0.25, 0.3) is 5.91 Å². The summed E-state index contributed by atoms with van der Waals surface area (Å²) in [6.45, 7) is 0. The van der Waals surface area contributed by atoms with Gasteiger partial charge in [0.1, 0.15) is 28.6 Å². The number of pyridine rings is 1. The van der Waals surface area contributed by atoms with Gasteiger partial charge in [0, 0.05) is 21.8 Å². The van der Waals surface area contributed by atoms with E-state index in [9.17, 15) is 14.3 Å². The van der Waals surface area contributed by atoms with Gasteiger partial charge in [-0.2, -0.15) is 5.10 Å². The zero-order valence-electron chi connectivity index (χ0n) is 18.6. The predicted octanol–water partition coefficient (Wildman–Crippen LogP) is 2.93. The summed E-state index contributed by atoms with van der Waals surface area (Å²) in [5, 5.41) is 15.1. The number of primary amides is 1. The summed E-state index contributed by atoms with van der Waals surface area (Å²) in [5.41, 5.74) is 12.7. The number of aliphatic hydroxyl groups excluding tert-OH is 1. The van der Waals surface area contributed by atoms with Crippen molar-refractivity contribution >= 4 is 37.2 Å². The molecule has 35 heavy (non-hydrogen) atoms. The van der Waals surface area contributed by atoms with Crippen LogP contribution in [0.4, 0.5) is 14.6 Å². The summed E-state index contributed by atoms with van der Waals surface area (Å²) in [6.07, 6.45) is 0.461. The molecule has 0 aliphatic heterocycles. The van der Waals surface area contributed by atoms with Gasteiger partial charge in [-0.3, -0.25) is 4.79 Å². The lowest BCUT2D eigenvalue weighted by Crippen LogP contribution is -2.32. The summed E-state index contributed by atoms with van der Waals surface area (Å²) < 4.78 is 36.7. The smallest absolute Gasteiger partial charge is 0.254 e. The Morgan fingerprint density at radius 3 is 2.51 bits per heavy atom. The molecule has 1 amide bonds. The molecule has 0 spiro atoms. The van der Waals surface area contributed by atoms with Gasteiger partial charge in [0.05, 0.1) is 24.8 Å². The molecule has 1 saturated carbocycles. The molecule has 2 aromatic heterocycles. The van der Waals surface area contributed by atoms with E-state index in [0.29, 0.717) is 34.6 Å². The van der Waals surface area contributed by atoms with Crippen molar-refractivity contribution in [2.75, 3.05) is 12.8 Å². The number of hydrogen-bond donors (Lipinski definition) is 3. The number of benzene rings is 2. The Bertz CT molecular complexity index is 1500. The van der Waals surface area contributed by atoms with E-state index in [0.717, 1.165) is 0 Å². The van der Waals surface area contributed by atoms with Gasteiger partial charge in [0.15, 0.2) is 11.6 Å². The highest BCUT2D eigenvalue weighted by Gasteiger charge is 2.34. The molecule has 0 bridgehead atoms. The molecular formula is C24H22F2N5O3P. The van der Waals surface area contributed by atoms with Crippen LogP contribution in [0.25, 0.3) is 33.4 Å². The molecule has 0 radical (unpaired) electrons. The Morgan fingerprint density at radius 1 is 1.17 bits per heavy atom. The van der Waals surface area contributed by atoms with E-state index in [4.69, 9.17) is 16.2 Å². The molecule has 1 unspecified atom stereocenters. The number of amides is 1. The van der Waals surface area contributed by atoms with E-state index >= 15 is 4.39 Å². The lowest BCUT2D eigenvalue weighted by molar-refractivity contribution is 0.0445. The van der Waals surface area contributed by atoms with Gasteiger partial charge in [-0.1, -0.05) is 18.2 Å². The number of fused-ring (bicyclic) bond motifs is 1. The lowest BCUT2D eigenvalue weighted by atomic mass is 9.90. The molecule has 5 N–H and O–H groups in total. The molecule has 1 aliphatic carbocycles. The van der Waals surface area contributed by atoms with Crippen LogP contribution in [0.5, 0.6) is 5.75 Å². The van der Waals surface area contributed by atoms with Crippen molar-refractivity contribution in [3.8, 4) is 28.3 Å². The second-order valence-corrected chi connectivity index (χ2v) is 8.98. The Labute approximate surface area is 201 Å². The number of nitrogens with two attached hydrogens (primary N) is 2. The number of rotatable bonds is 5. The lowest BCUT2D eigenvalue weighted by Gasteiger charge is -2.32. The zero-order chi connectivity index (χ0) is 25.0. The number of aromatic nitrogens is 3. The van der Waals surface area contributed by atoms with Crippen LogP contribution in [-0.2, 0) is 0 Å². The van der Waals surface area contributed by atoms with Crippen molar-refractivity contribution < 1.29 is 23.4 Å². The first-order valence-electron chi connectivity index (χ1n) is 10.8. The fourth-order valence-corrected chi connectivity index (χ4v) is 4.91. The third-order valence-electron chi connectivity index (χ3n) is 6.31. The quantitative estimate of drug-likeness (QED) is 0.364. The maximum atomic E-state index is 15.3. The minimum absolute atomic E-state index is 0.0186. The molecule has 4 aromatic rings. The number of aliphatic hydroxyl groups is 1. The minimum Gasteiger partial charge on any atom is -0.493 e. The number of ether oxygens (including phenoxy) is 1. The molecule has 0 saturated heterocycles. The summed E-state index contributed by atoms with van der Waals surface area (Å²) in [7, 11) is 3.84. The van der Waals surface area contributed by atoms with Gasteiger partial charge in [-0.25, -0.2) is 18.4 Å². The summed E-state index contributed by atoms with van der Waals surface area (Å²) in [5.74, 6) is -2.17. The third-order valence-corrected chi connectivity index (χ3v) is 6.89. The number of hydrogen-bond acceptors (Lipinski definition) is 6. The average Bonchev–Trinajstić information content (AvgIpc) is 3.14. The van der Waals surface area contributed by atoms with Crippen LogP contribution in [0, 0.1) is 11.6 Å². The molecule has 8 nitrogen and oxygen atoms in total. The first-order valence-corrected chi connectivity index (χ1v) is 11.4. The molecule has 1 atom stereocenters. The van der Waals surface area contributed by atoms with Crippen molar-refractivity contribution in [1.82, 2.24) is 14.8 Å². The fraction of sp³-hybridized carbons (Fsp3) is 0.208. The molecule has 2 aromatic carbocycles. The molecule has 2 heterocycles. The number of carbonyl (C=O) groups is 1. The van der Waals surface area contributed by atoms with Crippen LogP contribution >= 0.6 is 9.24 Å². The number of nitrogens with zero attached hydrogens (tertiary/aromatic N) is 3. The van der Waals surface area contributed by atoms with Crippen molar-refractivity contribution in [2.45, 2.75) is 25.0 Å². The first-order chi connectivity index (χ1) is 16.7. The van der Waals surface area contributed by atoms with E-state index < -0.39 is 23.6 Å². The average molecular weight is 497 g/mol. The highest BCUT2D eigenvalue weighted by Crippen LogP contribution is 2.39. The Balaban J connectivity index is 1.76. The fourth-order valence-electron chi connectivity index (χ4n) is 4.45. The van der Waals surface area contributed by atoms with Crippen LogP contribution in [0.15, 0.2) is 36.4 Å². The van der Waals surface area contributed by atoms with Crippen LogP contribution in [0.1, 0.15) is 29.2 Å². The molecule has 11 heteroatoms. The number of carbonyl (C=O) groups excluding carboxylic acids is 1. The molecule has 180 valence electrons. The van der Waals surface area contributed by atoms with Gasteiger partial charge >= 0.3 is 0 Å². The summed E-state index contributed by atoms with van der Waals surface area (Å²) >= 11 is 0. The summed E-state index contributed by atoms with van der Waals surface area (Å²) in [4.78, 5) is 16.8. The number of nitrogen functional groups attached to an aromatic ring is 1. The molecular weight excluding hydrogens is 475 g/mol. The maximum Gasteiger partial charge on any atom is 0.254 e. The zero-order valence-corrected chi connectivity index (χ0v) is 19.8. The molecule has 5 rings (SSSR count). The predicted molar refractivity (Wildman–Crippen MR) is 131 cm³/mol. The van der Waals surface area contributed by atoms with E-state index in [2.05, 4.69) is 19.3 Å². The monoisotopic (exact) mass is 497 g/mol. The first kappa shape index (κ1) is 23.1. The second kappa shape index (κ2) is 8.55. The van der Waals surface area contributed by atoms with Crippen molar-refractivity contribution in [1.29, 1.82) is 0 Å². The SMILES string of the molecule is COc1c(F)c(-c2ccccc2F)nc2c(P)c(-c3nn(C4CC(O)C4)c(N)c3C(N)=O)ccc12. The number of halogens is 2. The number of methoxy groups -OCH3 is 1. The van der Waals surface area contributed by atoms with E-state index in [-0.39, 0.29) is 40.1 Å². The second-order valence-electron chi connectivity index (χ2n) is 8.41. The van der Waals surface area contributed by atoms with E-state index in [1.54, 1.807) is 18.2 Å². The van der Waals surface area contributed by atoms with Crippen LogP contribution < -0.4 is 21.5 Å². The van der Waals surface area contributed by atoms with Crippen molar-refractivity contribution in [2.24, 2.45) is 5.73 Å².